The standard InChI is InChI=1S/C20H18ClF3N4O/c21-17-11-16(20(22,23)24)13-26-19(17)28-9-7-27(8-10-28)18(29)6-5-14-1-3-15(12-25)4-2-14/h1-4,11,13H,5-10H2. The molecule has 1 aromatic carbocycles. The molecule has 9 heteroatoms. The Bertz CT molecular complexity index is 917. The van der Waals surface area contributed by atoms with Crippen LogP contribution in [-0.2, 0) is 17.4 Å². The first-order chi connectivity index (χ1) is 13.8. The molecule has 1 aliphatic rings. The number of pyridine rings is 1. The summed E-state index contributed by atoms with van der Waals surface area (Å²) in [6, 6.07) is 10.0. The van der Waals surface area contributed by atoms with Crippen molar-refractivity contribution in [1.29, 1.82) is 5.26 Å². The number of aryl methyl sites for hydroxylation is 1. The normalized spacial score (nSPS) is 14.6. The molecule has 152 valence electrons. The second kappa shape index (κ2) is 8.70. The summed E-state index contributed by atoms with van der Waals surface area (Å²) in [4.78, 5) is 19.8. The zero-order valence-electron chi connectivity index (χ0n) is 15.4. The largest absolute Gasteiger partial charge is 0.417 e. The summed E-state index contributed by atoms with van der Waals surface area (Å²) in [5.41, 5.74) is 0.673. The predicted molar refractivity (Wildman–Crippen MR) is 103 cm³/mol. The molecular weight excluding hydrogens is 405 g/mol. The molecule has 0 aliphatic carbocycles. The molecular formula is C20H18ClF3N4O. The second-order valence-electron chi connectivity index (χ2n) is 6.70. The zero-order chi connectivity index (χ0) is 21.0. The van der Waals surface area contributed by atoms with E-state index < -0.39 is 11.7 Å². The number of rotatable bonds is 4. The number of nitrogens with zero attached hydrogens (tertiary/aromatic N) is 4. The lowest BCUT2D eigenvalue weighted by atomic mass is 10.1. The quantitative estimate of drug-likeness (QED) is 0.749. The number of piperazine rings is 1. The molecule has 0 atom stereocenters. The fourth-order valence-corrected chi connectivity index (χ4v) is 3.43. The lowest BCUT2D eigenvalue weighted by Gasteiger charge is -2.36. The van der Waals surface area contributed by atoms with E-state index in [2.05, 4.69) is 11.1 Å². The van der Waals surface area contributed by atoms with Crippen LogP contribution in [0.3, 0.4) is 0 Å². The smallest absolute Gasteiger partial charge is 0.352 e. The van der Waals surface area contributed by atoms with Gasteiger partial charge in [0, 0.05) is 38.8 Å². The van der Waals surface area contributed by atoms with Gasteiger partial charge in [-0.3, -0.25) is 4.79 Å². The fourth-order valence-electron chi connectivity index (χ4n) is 3.14. The number of anilines is 1. The van der Waals surface area contributed by atoms with E-state index in [4.69, 9.17) is 16.9 Å². The highest BCUT2D eigenvalue weighted by Crippen LogP contribution is 2.33. The van der Waals surface area contributed by atoms with Crippen LogP contribution in [0, 0.1) is 11.3 Å². The summed E-state index contributed by atoms with van der Waals surface area (Å²) in [7, 11) is 0. The van der Waals surface area contributed by atoms with Crippen molar-refractivity contribution in [1.82, 2.24) is 9.88 Å². The van der Waals surface area contributed by atoms with E-state index in [0.717, 1.165) is 17.8 Å². The van der Waals surface area contributed by atoms with Crippen molar-refractivity contribution >= 4 is 23.3 Å². The van der Waals surface area contributed by atoms with Crippen LogP contribution in [0.2, 0.25) is 5.02 Å². The molecule has 3 rings (SSSR count). The molecule has 1 aliphatic heterocycles. The summed E-state index contributed by atoms with van der Waals surface area (Å²) >= 11 is 6.00. The van der Waals surface area contributed by atoms with Gasteiger partial charge in [-0.25, -0.2) is 4.98 Å². The van der Waals surface area contributed by atoms with Gasteiger partial charge in [0.25, 0.3) is 0 Å². The Labute approximate surface area is 171 Å². The van der Waals surface area contributed by atoms with E-state index in [1.54, 1.807) is 21.9 Å². The lowest BCUT2D eigenvalue weighted by molar-refractivity contribution is -0.137. The summed E-state index contributed by atoms with van der Waals surface area (Å²) in [6.07, 6.45) is -2.78. The molecule has 2 heterocycles. The molecule has 0 unspecified atom stereocenters. The number of aromatic nitrogens is 1. The Hall–Kier alpha value is -2.79. The highest BCUT2D eigenvalue weighted by Gasteiger charge is 2.32. The lowest BCUT2D eigenvalue weighted by Crippen LogP contribution is -2.49. The fraction of sp³-hybridized carbons (Fsp3) is 0.350. The van der Waals surface area contributed by atoms with Crippen LogP contribution in [-0.4, -0.2) is 42.0 Å². The number of amides is 1. The van der Waals surface area contributed by atoms with Gasteiger partial charge < -0.3 is 9.80 Å². The van der Waals surface area contributed by atoms with Gasteiger partial charge in [-0.15, -0.1) is 0 Å². The molecule has 0 N–H and O–H groups in total. The summed E-state index contributed by atoms with van der Waals surface area (Å²) < 4.78 is 38.2. The molecule has 0 radical (unpaired) electrons. The van der Waals surface area contributed by atoms with Gasteiger partial charge in [0.15, 0.2) is 0 Å². The van der Waals surface area contributed by atoms with E-state index in [1.807, 2.05) is 12.1 Å². The molecule has 0 spiro atoms. The van der Waals surface area contributed by atoms with E-state index in [-0.39, 0.29) is 10.9 Å². The van der Waals surface area contributed by atoms with Gasteiger partial charge in [-0.2, -0.15) is 18.4 Å². The van der Waals surface area contributed by atoms with Crippen molar-refractivity contribution in [3.63, 3.8) is 0 Å². The number of nitriles is 1. The molecule has 1 saturated heterocycles. The first kappa shape index (κ1) is 20.9. The number of carbonyl (C=O) groups excluding carboxylic acids is 1. The maximum absolute atomic E-state index is 12.7. The van der Waals surface area contributed by atoms with Crippen molar-refractivity contribution in [3.05, 3.63) is 58.2 Å². The van der Waals surface area contributed by atoms with Crippen molar-refractivity contribution in [2.45, 2.75) is 19.0 Å². The van der Waals surface area contributed by atoms with Crippen LogP contribution in [0.25, 0.3) is 0 Å². The summed E-state index contributed by atoms with van der Waals surface area (Å²) in [6.45, 7) is 1.79. The van der Waals surface area contributed by atoms with Gasteiger partial charge in [0.1, 0.15) is 5.82 Å². The third-order valence-electron chi connectivity index (χ3n) is 4.79. The van der Waals surface area contributed by atoms with Crippen LogP contribution in [0.4, 0.5) is 19.0 Å². The van der Waals surface area contributed by atoms with Crippen molar-refractivity contribution < 1.29 is 18.0 Å². The first-order valence-electron chi connectivity index (χ1n) is 9.02. The number of alkyl halides is 3. The van der Waals surface area contributed by atoms with E-state index >= 15 is 0 Å². The van der Waals surface area contributed by atoms with Crippen molar-refractivity contribution in [2.75, 3.05) is 31.1 Å². The maximum Gasteiger partial charge on any atom is 0.417 e. The molecule has 5 nitrogen and oxygen atoms in total. The predicted octanol–water partition coefficient (Wildman–Crippen LogP) is 3.91. The van der Waals surface area contributed by atoms with Crippen molar-refractivity contribution in [2.24, 2.45) is 0 Å². The van der Waals surface area contributed by atoms with Crippen LogP contribution in [0.15, 0.2) is 36.5 Å². The maximum atomic E-state index is 12.7. The Kier molecular flexibility index (Phi) is 6.28. The Morgan fingerprint density at radius 2 is 1.83 bits per heavy atom. The minimum Gasteiger partial charge on any atom is -0.352 e. The average molecular weight is 423 g/mol. The van der Waals surface area contributed by atoms with Gasteiger partial charge >= 0.3 is 6.18 Å². The average Bonchev–Trinajstić information content (AvgIpc) is 2.72. The number of benzene rings is 1. The minimum absolute atomic E-state index is 0.0143. The first-order valence-corrected chi connectivity index (χ1v) is 9.40. The van der Waals surface area contributed by atoms with Gasteiger partial charge in [0.2, 0.25) is 5.91 Å². The van der Waals surface area contributed by atoms with E-state index in [0.29, 0.717) is 50.4 Å². The van der Waals surface area contributed by atoms with Crippen molar-refractivity contribution in [3.8, 4) is 6.07 Å². The van der Waals surface area contributed by atoms with Crippen LogP contribution < -0.4 is 4.90 Å². The second-order valence-corrected chi connectivity index (χ2v) is 7.11. The molecule has 29 heavy (non-hydrogen) atoms. The van der Waals surface area contributed by atoms with Gasteiger partial charge in [-0.1, -0.05) is 23.7 Å². The third-order valence-corrected chi connectivity index (χ3v) is 5.07. The molecule has 1 fully saturated rings. The highest BCUT2D eigenvalue weighted by molar-refractivity contribution is 6.33. The van der Waals surface area contributed by atoms with Gasteiger partial charge in [0.05, 0.1) is 22.2 Å². The molecule has 0 saturated carbocycles. The molecule has 2 aromatic rings. The molecule has 1 aromatic heterocycles. The Morgan fingerprint density at radius 3 is 2.38 bits per heavy atom. The topological polar surface area (TPSA) is 60.2 Å². The highest BCUT2D eigenvalue weighted by atomic mass is 35.5. The van der Waals surface area contributed by atoms with Crippen LogP contribution >= 0.6 is 11.6 Å². The van der Waals surface area contributed by atoms with Crippen LogP contribution in [0.5, 0.6) is 0 Å². The minimum atomic E-state index is -4.49. The van der Waals surface area contributed by atoms with E-state index in [1.165, 1.54) is 0 Å². The third kappa shape index (κ3) is 5.18. The van der Waals surface area contributed by atoms with Gasteiger partial charge in [-0.05, 0) is 30.2 Å². The Morgan fingerprint density at radius 1 is 1.17 bits per heavy atom. The number of halogens is 4. The molecule has 0 bridgehead atoms. The number of carbonyl (C=O) groups is 1. The monoisotopic (exact) mass is 422 g/mol. The SMILES string of the molecule is N#Cc1ccc(CCC(=O)N2CCN(c3ncc(C(F)(F)F)cc3Cl)CC2)cc1. The summed E-state index contributed by atoms with van der Waals surface area (Å²) in [5.74, 6) is 0.310. The number of hydrogen-bond acceptors (Lipinski definition) is 4. The molecule has 1 amide bonds. The Balaban J connectivity index is 1.53. The number of hydrogen-bond donors (Lipinski definition) is 0. The summed E-state index contributed by atoms with van der Waals surface area (Å²) in [5, 5.41) is 8.75. The zero-order valence-corrected chi connectivity index (χ0v) is 16.2. The van der Waals surface area contributed by atoms with Crippen LogP contribution in [0.1, 0.15) is 23.1 Å². The van der Waals surface area contributed by atoms with E-state index in [9.17, 15) is 18.0 Å².